The van der Waals surface area contributed by atoms with E-state index in [4.69, 9.17) is 11.6 Å². The third-order valence-corrected chi connectivity index (χ3v) is 8.65. The molecule has 8 heteroatoms. The van der Waals surface area contributed by atoms with Crippen LogP contribution in [0, 0.1) is 5.92 Å². The lowest BCUT2D eigenvalue weighted by molar-refractivity contribution is -0.124. The fourth-order valence-electron chi connectivity index (χ4n) is 5.48. The minimum Gasteiger partial charge on any atom is -0.376 e. The first-order chi connectivity index (χ1) is 19.8. The van der Waals surface area contributed by atoms with Crippen LogP contribution < -0.4 is 16.0 Å². The van der Waals surface area contributed by atoms with E-state index in [1.54, 1.807) is 19.3 Å². The van der Waals surface area contributed by atoms with Crippen LogP contribution in [-0.2, 0) is 17.8 Å². The minimum absolute atomic E-state index is 0.0840. The van der Waals surface area contributed by atoms with Crippen molar-refractivity contribution in [2.75, 3.05) is 6.54 Å². The van der Waals surface area contributed by atoms with Crippen LogP contribution in [0.25, 0.3) is 22.2 Å². The molecule has 5 rings (SSSR count). The van der Waals surface area contributed by atoms with Gasteiger partial charge < -0.3 is 20.7 Å². The van der Waals surface area contributed by atoms with Gasteiger partial charge in [-0.3, -0.25) is 10.1 Å². The number of halogens is 1. The van der Waals surface area contributed by atoms with Crippen molar-refractivity contribution in [1.29, 1.82) is 0 Å². The largest absolute Gasteiger partial charge is 0.376 e. The molecule has 0 bridgehead atoms. The summed E-state index contributed by atoms with van der Waals surface area (Å²) in [5.41, 5.74) is 6.73. The number of hydrogen-bond donors (Lipinski definition) is 5. The molecule has 2 aromatic carbocycles. The number of amides is 1. The number of nitrogens with one attached hydrogen (secondary N) is 4. The Morgan fingerprint density at radius 1 is 1.10 bits per heavy atom. The van der Waals surface area contributed by atoms with Gasteiger partial charge in [-0.1, -0.05) is 74.0 Å². The van der Waals surface area contributed by atoms with E-state index in [1.807, 2.05) is 6.07 Å². The zero-order chi connectivity index (χ0) is 28.9. The first kappa shape index (κ1) is 29.3. The van der Waals surface area contributed by atoms with Gasteiger partial charge in [0.25, 0.3) is 0 Å². The summed E-state index contributed by atoms with van der Waals surface area (Å²) in [4.78, 5) is 20.3. The van der Waals surface area contributed by atoms with E-state index < -0.39 is 12.3 Å². The molecular formula is C33H40ClN5O2. The number of pyridine rings is 1. The van der Waals surface area contributed by atoms with Crippen LogP contribution >= 0.6 is 11.6 Å². The number of H-pyrrole nitrogens is 1. The molecule has 41 heavy (non-hydrogen) atoms. The summed E-state index contributed by atoms with van der Waals surface area (Å²) in [6.07, 6.45) is 5.37. The highest BCUT2D eigenvalue weighted by molar-refractivity contribution is 6.35. The number of rotatable bonds is 11. The first-order valence-electron chi connectivity index (χ1n) is 14.6. The number of aromatic nitrogens is 2. The van der Waals surface area contributed by atoms with Crippen LogP contribution in [0.1, 0.15) is 56.2 Å². The summed E-state index contributed by atoms with van der Waals surface area (Å²) in [6, 6.07) is 18.9. The molecule has 0 aliphatic carbocycles. The molecule has 0 saturated carbocycles. The highest BCUT2D eigenvalue weighted by atomic mass is 35.5. The Labute approximate surface area is 247 Å². The van der Waals surface area contributed by atoms with Gasteiger partial charge in [-0.15, -0.1) is 0 Å². The van der Waals surface area contributed by atoms with Crippen molar-refractivity contribution in [2.24, 2.45) is 5.92 Å². The van der Waals surface area contributed by atoms with Crippen LogP contribution in [-0.4, -0.2) is 45.8 Å². The van der Waals surface area contributed by atoms with Gasteiger partial charge in [0.1, 0.15) is 11.9 Å². The molecule has 1 amide bonds. The molecule has 1 aliphatic heterocycles. The van der Waals surface area contributed by atoms with Crippen molar-refractivity contribution in [3.05, 3.63) is 88.7 Å². The van der Waals surface area contributed by atoms with E-state index >= 15 is 0 Å². The molecule has 2 unspecified atom stereocenters. The molecule has 216 valence electrons. The maximum absolute atomic E-state index is 12.9. The summed E-state index contributed by atoms with van der Waals surface area (Å²) in [7, 11) is 0. The maximum atomic E-state index is 12.9. The van der Waals surface area contributed by atoms with Crippen molar-refractivity contribution in [3.8, 4) is 11.1 Å². The fraction of sp³-hybridized carbons (Fsp3) is 0.394. The topological polar surface area (TPSA) is 102 Å². The van der Waals surface area contributed by atoms with E-state index in [9.17, 15) is 9.90 Å². The maximum Gasteiger partial charge on any atom is 0.237 e. The fourth-order valence-corrected chi connectivity index (χ4v) is 5.68. The SMILES string of the molecule is CCC(C)c1ccc(-c2ccc(C[C@@H]3CN[C@@H](C(=O)N[C@@H](C)C(O)NCc4cnc5[nH]cc(Cl)c5c4)C3)cc2)cc1. The summed E-state index contributed by atoms with van der Waals surface area (Å²) in [6.45, 7) is 7.48. The smallest absolute Gasteiger partial charge is 0.237 e. The quantitative estimate of drug-likeness (QED) is 0.152. The van der Waals surface area contributed by atoms with E-state index in [0.717, 1.165) is 42.4 Å². The van der Waals surface area contributed by atoms with Crippen LogP contribution in [0.4, 0.5) is 0 Å². The molecule has 1 aliphatic rings. The molecule has 4 aromatic rings. The molecule has 5 N–H and O–H groups in total. The second-order valence-electron chi connectivity index (χ2n) is 11.4. The van der Waals surface area contributed by atoms with Crippen molar-refractivity contribution in [3.63, 3.8) is 0 Å². The first-order valence-corrected chi connectivity index (χ1v) is 14.9. The Bertz CT molecular complexity index is 1450. The molecule has 1 saturated heterocycles. The average molecular weight is 574 g/mol. The van der Waals surface area contributed by atoms with E-state index in [0.29, 0.717) is 23.4 Å². The van der Waals surface area contributed by atoms with Crippen LogP contribution in [0.5, 0.6) is 0 Å². The zero-order valence-corrected chi connectivity index (χ0v) is 24.7. The lowest BCUT2D eigenvalue weighted by Gasteiger charge is -2.23. The van der Waals surface area contributed by atoms with Gasteiger partial charge in [0.15, 0.2) is 0 Å². The molecule has 3 heterocycles. The Kier molecular flexibility index (Phi) is 9.40. The van der Waals surface area contributed by atoms with E-state index in [2.05, 4.69) is 88.3 Å². The summed E-state index contributed by atoms with van der Waals surface area (Å²) >= 11 is 6.18. The summed E-state index contributed by atoms with van der Waals surface area (Å²) in [5, 5.41) is 21.4. The van der Waals surface area contributed by atoms with Crippen LogP contribution in [0.2, 0.25) is 5.02 Å². The second kappa shape index (κ2) is 13.2. The number of benzene rings is 2. The van der Waals surface area contributed by atoms with Gasteiger partial charge in [0.05, 0.1) is 17.1 Å². The molecule has 1 fully saturated rings. The second-order valence-corrected chi connectivity index (χ2v) is 11.8. The van der Waals surface area contributed by atoms with E-state index in [1.165, 1.54) is 22.3 Å². The standard InChI is InChI=1S/C33H40ClN5O2/c1-4-20(2)25-9-11-27(12-10-25)26-7-5-22(6-8-26)13-23-15-30(35-16-23)33(41)39-21(3)32(40)38-18-24-14-28-29(34)19-37-31(28)36-17-24/h5-12,14,17,19-21,23,30,32,35,38,40H,4,13,15-16,18H2,1-3H3,(H,36,37)(H,39,41)/t20?,21-,23-,30+,32?/m0/s1. The number of fused-ring (bicyclic) bond motifs is 1. The number of aliphatic hydroxyl groups is 1. The van der Waals surface area contributed by atoms with Gasteiger partial charge in [0.2, 0.25) is 5.91 Å². The van der Waals surface area contributed by atoms with Crippen molar-refractivity contribution in [1.82, 2.24) is 25.9 Å². The van der Waals surface area contributed by atoms with Crippen LogP contribution in [0.3, 0.4) is 0 Å². The molecule has 0 radical (unpaired) electrons. The molecule has 5 atom stereocenters. The predicted octanol–water partition coefficient (Wildman–Crippen LogP) is 5.53. The highest BCUT2D eigenvalue weighted by Crippen LogP contribution is 2.26. The number of hydrogen-bond acceptors (Lipinski definition) is 5. The Hall–Kier alpha value is -3.23. The number of carbonyl (C=O) groups is 1. The Morgan fingerprint density at radius 3 is 2.51 bits per heavy atom. The molecular weight excluding hydrogens is 534 g/mol. The number of aromatic amines is 1. The average Bonchev–Trinajstić information content (AvgIpc) is 3.62. The predicted molar refractivity (Wildman–Crippen MR) is 166 cm³/mol. The normalized spacial score (nSPS) is 19.2. The molecule has 0 spiro atoms. The van der Waals surface area contributed by atoms with Gasteiger partial charge in [0, 0.05) is 24.3 Å². The number of aliphatic hydroxyl groups excluding tert-OH is 1. The van der Waals surface area contributed by atoms with Gasteiger partial charge in [-0.2, -0.15) is 0 Å². The summed E-state index contributed by atoms with van der Waals surface area (Å²) in [5.74, 6) is 0.878. The van der Waals surface area contributed by atoms with Gasteiger partial charge >= 0.3 is 0 Å². The monoisotopic (exact) mass is 573 g/mol. The summed E-state index contributed by atoms with van der Waals surface area (Å²) < 4.78 is 0. The lowest BCUT2D eigenvalue weighted by atomic mass is 9.93. The Morgan fingerprint density at radius 2 is 1.80 bits per heavy atom. The molecule has 2 aromatic heterocycles. The highest BCUT2D eigenvalue weighted by Gasteiger charge is 2.31. The number of carbonyl (C=O) groups excluding carboxylic acids is 1. The molecule has 7 nitrogen and oxygen atoms in total. The van der Waals surface area contributed by atoms with Crippen molar-refractivity contribution >= 4 is 28.5 Å². The van der Waals surface area contributed by atoms with Crippen molar-refractivity contribution < 1.29 is 9.90 Å². The van der Waals surface area contributed by atoms with Gasteiger partial charge in [-0.05, 0) is 78.5 Å². The van der Waals surface area contributed by atoms with Gasteiger partial charge in [-0.25, -0.2) is 4.98 Å². The zero-order valence-electron chi connectivity index (χ0n) is 24.0. The van der Waals surface area contributed by atoms with Crippen LogP contribution in [0.15, 0.2) is 67.0 Å². The lowest BCUT2D eigenvalue weighted by Crippen LogP contribution is -2.52. The van der Waals surface area contributed by atoms with Crippen molar-refractivity contribution in [2.45, 2.75) is 70.8 Å². The Balaban J connectivity index is 1.07. The number of nitrogens with zero attached hydrogens (tertiary/aromatic N) is 1. The third-order valence-electron chi connectivity index (χ3n) is 8.34. The minimum atomic E-state index is -0.904. The third kappa shape index (κ3) is 7.16. The van der Waals surface area contributed by atoms with E-state index in [-0.39, 0.29) is 11.9 Å².